The van der Waals surface area contributed by atoms with Gasteiger partial charge in [-0.2, -0.15) is 0 Å². The van der Waals surface area contributed by atoms with Crippen LogP contribution in [0.4, 0.5) is 0 Å². The predicted octanol–water partition coefficient (Wildman–Crippen LogP) is -0.552. The first kappa shape index (κ1) is 8.66. The fourth-order valence-corrected chi connectivity index (χ4v) is 0.690. The van der Waals surface area contributed by atoms with Crippen LogP contribution < -0.4 is 0 Å². The van der Waals surface area contributed by atoms with Gasteiger partial charge < -0.3 is 0 Å². The Balaban J connectivity index is 2.78. The molecule has 1 amide bonds. The van der Waals surface area contributed by atoms with E-state index in [1.54, 1.807) is 7.05 Å². The number of hydrogen-bond donors (Lipinski definition) is 0. The monoisotopic (exact) mass is 170 g/mol. The summed E-state index contributed by atoms with van der Waals surface area (Å²) in [5.74, 6) is -0.314. The Morgan fingerprint density at radius 1 is 1.75 bits per heavy atom. The molecule has 1 aromatic rings. The zero-order valence-corrected chi connectivity index (χ0v) is 7.18. The average Bonchev–Trinajstić information content (AvgIpc) is 2.49. The molecule has 6 nitrogen and oxygen atoms in total. The molecule has 6 heteroatoms. The van der Waals surface area contributed by atoms with Crippen molar-refractivity contribution in [1.29, 1.82) is 0 Å². The van der Waals surface area contributed by atoms with E-state index in [1.165, 1.54) is 25.0 Å². The minimum Gasteiger partial charge on any atom is -0.274 e. The third kappa shape index (κ3) is 1.59. The Labute approximate surface area is 69.7 Å². The summed E-state index contributed by atoms with van der Waals surface area (Å²) in [7, 11) is 4.61. The van der Waals surface area contributed by atoms with Gasteiger partial charge in [0.15, 0.2) is 5.69 Å². The molecule has 0 bridgehead atoms. The second-order valence-electron chi connectivity index (χ2n) is 2.26. The standard InChI is InChI=1S/C6H10N4O2/c1-9-4-5(7-8-9)6(11)10(2)12-3/h4H,1-3H3. The Hall–Kier alpha value is -1.43. The molecule has 0 aromatic carbocycles. The van der Waals surface area contributed by atoms with Crippen LogP contribution in [0.15, 0.2) is 6.20 Å². The topological polar surface area (TPSA) is 60.2 Å². The molecule has 66 valence electrons. The van der Waals surface area contributed by atoms with Gasteiger partial charge in [-0.3, -0.25) is 14.3 Å². The summed E-state index contributed by atoms with van der Waals surface area (Å²) in [5, 5.41) is 8.33. The van der Waals surface area contributed by atoms with Crippen molar-refractivity contribution in [2.24, 2.45) is 7.05 Å². The third-order valence-corrected chi connectivity index (χ3v) is 1.38. The van der Waals surface area contributed by atoms with Crippen LogP contribution in [0.3, 0.4) is 0 Å². The number of hydrogen-bond acceptors (Lipinski definition) is 4. The summed E-state index contributed by atoms with van der Waals surface area (Å²) in [6.07, 6.45) is 1.53. The highest BCUT2D eigenvalue weighted by Gasteiger charge is 2.14. The largest absolute Gasteiger partial charge is 0.299 e. The fourth-order valence-electron chi connectivity index (χ4n) is 0.690. The van der Waals surface area contributed by atoms with Crippen LogP contribution in [-0.2, 0) is 11.9 Å². The smallest absolute Gasteiger partial charge is 0.274 e. The van der Waals surface area contributed by atoms with Crippen LogP contribution in [0, 0.1) is 0 Å². The molecule has 12 heavy (non-hydrogen) atoms. The SMILES string of the molecule is CON(C)C(=O)c1cn(C)nn1. The van der Waals surface area contributed by atoms with Crippen LogP contribution in [0.25, 0.3) is 0 Å². The van der Waals surface area contributed by atoms with Crippen LogP contribution in [0.5, 0.6) is 0 Å². The molecule has 1 heterocycles. The van der Waals surface area contributed by atoms with Gasteiger partial charge in [0.25, 0.3) is 5.91 Å². The first-order valence-corrected chi connectivity index (χ1v) is 3.33. The first-order valence-electron chi connectivity index (χ1n) is 3.33. The maximum atomic E-state index is 11.3. The molecule has 0 aliphatic heterocycles. The van der Waals surface area contributed by atoms with E-state index in [4.69, 9.17) is 0 Å². The van der Waals surface area contributed by atoms with Gasteiger partial charge in [-0.15, -0.1) is 5.10 Å². The molecule has 0 N–H and O–H groups in total. The number of nitrogens with zero attached hydrogens (tertiary/aromatic N) is 4. The molecular formula is C6H10N4O2. The molecule has 1 aromatic heterocycles. The lowest BCUT2D eigenvalue weighted by Crippen LogP contribution is -2.25. The van der Waals surface area contributed by atoms with Gasteiger partial charge in [-0.05, 0) is 0 Å². The molecule has 0 atom stereocenters. The van der Waals surface area contributed by atoms with Crippen LogP contribution in [-0.4, -0.2) is 40.1 Å². The zero-order valence-electron chi connectivity index (χ0n) is 7.18. The Morgan fingerprint density at radius 3 is 2.83 bits per heavy atom. The highest BCUT2D eigenvalue weighted by Crippen LogP contribution is 1.96. The van der Waals surface area contributed by atoms with E-state index in [-0.39, 0.29) is 11.6 Å². The highest BCUT2D eigenvalue weighted by atomic mass is 16.7. The van der Waals surface area contributed by atoms with Crippen molar-refractivity contribution in [2.45, 2.75) is 0 Å². The average molecular weight is 170 g/mol. The summed E-state index contributed by atoms with van der Waals surface area (Å²) < 4.78 is 1.46. The van der Waals surface area contributed by atoms with Crippen LogP contribution in [0.1, 0.15) is 10.5 Å². The number of rotatable bonds is 2. The number of aryl methyl sites for hydroxylation is 1. The maximum Gasteiger partial charge on any atom is 0.299 e. The van der Waals surface area contributed by atoms with Crippen LogP contribution >= 0.6 is 0 Å². The summed E-state index contributed by atoms with van der Waals surface area (Å²) >= 11 is 0. The molecule has 0 saturated carbocycles. The molecule has 1 rings (SSSR count). The predicted molar refractivity (Wildman–Crippen MR) is 40.1 cm³/mol. The van der Waals surface area contributed by atoms with Gasteiger partial charge in [0.05, 0.1) is 13.3 Å². The summed E-state index contributed by atoms with van der Waals surface area (Å²) in [6.45, 7) is 0. The van der Waals surface area contributed by atoms with Gasteiger partial charge in [0.1, 0.15) is 0 Å². The Kier molecular flexibility index (Phi) is 2.39. The van der Waals surface area contributed by atoms with E-state index in [9.17, 15) is 4.79 Å². The van der Waals surface area contributed by atoms with E-state index < -0.39 is 0 Å². The highest BCUT2D eigenvalue weighted by molar-refractivity contribution is 5.90. The lowest BCUT2D eigenvalue weighted by molar-refractivity contribution is -0.0760. The molecule has 0 radical (unpaired) electrons. The van der Waals surface area contributed by atoms with Crippen molar-refractivity contribution in [3.63, 3.8) is 0 Å². The van der Waals surface area contributed by atoms with Gasteiger partial charge in [-0.25, -0.2) is 5.06 Å². The van der Waals surface area contributed by atoms with Crippen molar-refractivity contribution in [3.8, 4) is 0 Å². The lowest BCUT2D eigenvalue weighted by atomic mass is 10.4. The van der Waals surface area contributed by atoms with Gasteiger partial charge >= 0.3 is 0 Å². The normalized spacial score (nSPS) is 9.92. The number of carbonyl (C=O) groups is 1. The second-order valence-corrected chi connectivity index (χ2v) is 2.26. The number of hydroxylamine groups is 2. The first-order chi connectivity index (χ1) is 5.65. The quantitative estimate of drug-likeness (QED) is 0.559. The van der Waals surface area contributed by atoms with E-state index >= 15 is 0 Å². The third-order valence-electron chi connectivity index (χ3n) is 1.38. The number of aromatic nitrogens is 3. The summed E-state index contributed by atoms with van der Waals surface area (Å²) in [5.41, 5.74) is 0.266. The van der Waals surface area contributed by atoms with Crippen molar-refractivity contribution >= 4 is 5.91 Å². The van der Waals surface area contributed by atoms with Gasteiger partial charge in [0, 0.05) is 14.1 Å². The zero-order chi connectivity index (χ0) is 9.14. The molecule has 0 saturated heterocycles. The minimum atomic E-state index is -0.314. The summed E-state index contributed by atoms with van der Waals surface area (Å²) in [4.78, 5) is 16.0. The van der Waals surface area contributed by atoms with E-state index in [1.807, 2.05) is 0 Å². The van der Waals surface area contributed by atoms with Crippen molar-refractivity contribution in [3.05, 3.63) is 11.9 Å². The van der Waals surface area contributed by atoms with E-state index in [0.29, 0.717) is 0 Å². The Morgan fingerprint density at radius 2 is 2.42 bits per heavy atom. The molecule has 0 spiro atoms. The van der Waals surface area contributed by atoms with E-state index in [2.05, 4.69) is 15.1 Å². The molecule has 0 aliphatic rings. The van der Waals surface area contributed by atoms with E-state index in [0.717, 1.165) is 5.06 Å². The molecular weight excluding hydrogens is 160 g/mol. The fraction of sp³-hybridized carbons (Fsp3) is 0.500. The minimum absolute atomic E-state index is 0.266. The Bertz CT molecular complexity index is 283. The molecule has 0 unspecified atom stereocenters. The number of carbonyl (C=O) groups excluding carboxylic acids is 1. The molecule has 0 fully saturated rings. The summed E-state index contributed by atoms with van der Waals surface area (Å²) in [6, 6.07) is 0. The number of amides is 1. The maximum absolute atomic E-state index is 11.3. The van der Waals surface area contributed by atoms with Crippen molar-refractivity contribution in [1.82, 2.24) is 20.1 Å². The van der Waals surface area contributed by atoms with Gasteiger partial charge in [0.2, 0.25) is 0 Å². The van der Waals surface area contributed by atoms with Crippen molar-refractivity contribution in [2.75, 3.05) is 14.2 Å². The van der Waals surface area contributed by atoms with Crippen molar-refractivity contribution < 1.29 is 9.63 Å². The van der Waals surface area contributed by atoms with Gasteiger partial charge in [-0.1, -0.05) is 5.21 Å². The lowest BCUT2D eigenvalue weighted by Gasteiger charge is -2.10. The van der Waals surface area contributed by atoms with Crippen LogP contribution in [0.2, 0.25) is 0 Å². The second kappa shape index (κ2) is 3.31. The molecule has 0 aliphatic carbocycles.